The molecule has 0 aromatic heterocycles. The number of aliphatic imine (C=N–C) groups is 1. The van der Waals surface area contributed by atoms with Gasteiger partial charge >= 0.3 is 0 Å². The number of carbonyl (C=O) groups excluding carboxylic acids is 2. The minimum atomic E-state index is -0.860. The Hall–Kier alpha value is -3.55. The van der Waals surface area contributed by atoms with Crippen molar-refractivity contribution < 1.29 is 19.1 Å². The molecular formula is C19H20N4O4. The largest absolute Gasteiger partial charge is 0.497 e. The van der Waals surface area contributed by atoms with Crippen molar-refractivity contribution in [1.29, 1.82) is 0 Å². The highest BCUT2D eigenvalue weighted by atomic mass is 16.5. The minimum Gasteiger partial charge on any atom is -0.497 e. The smallest absolute Gasteiger partial charge is 0.249 e. The van der Waals surface area contributed by atoms with Gasteiger partial charge in [0, 0.05) is 11.8 Å². The lowest BCUT2D eigenvalue weighted by molar-refractivity contribution is -0.124. The highest BCUT2D eigenvalue weighted by Crippen LogP contribution is 2.29. The van der Waals surface area contributed by atoms with Gasteiger partial charge in [-0.15, -0.1) is 0 Å². The summed E-state index contributed by atoms with van der Waals surface area (Å²) >= 11 is 0. The number of ether oxygens (including phenoxy) is 2. The van der Waals surface area contributed by atoms with Gasteiger partial charge in [0.2, 0.25) is 17.8 Å². The molecule has 0 radical (unpaired) electrons. The average molecular weight is 368 g/mol. The molecular weight excluding hydrogens is 348 g/mol. The summed E-state index contributed by atoms with van der Waals surface area (Å²) in [4.78, 5) is 29.0. The second-order valence-corrected chi connectivity index (χ2v) is 5.79. The molecule has 0 saturated carbocycles. The molecule has 0 fully saturated rings. The highest BCUT2D eigenvalue weighted by molar-refractivity contribution is 6.10. The van der Waals surface area contributed by atoms with E-state index in [0.717, 1.165) is 5.69 Å². The summed E-state index contributed by atoms with van der Waals surface area (Å²) in [6.07, 6.45) is -0.0436. The molecule has 27 heavy (non-hydrogen) atoms. The number of methoxy groups -OCH3 is 2. The van der Waals surface area contributed by atoms with E-state index in [9.17, 15) is 9.59 Å². The molecule has 8 heteroatoms. The highest BCUT2D eigenvalue weighted by Gasteiger charge is 2.27. The summed E-state index contributed by atoms with van der Waals surface area (Å²) in [5, 5.41) is 8.38. The Morgan fingerprint density at radius 1 is 1.15 bits per heavy atom. The molecule has 1 unspecified atom stereocenters. The molecule has 1 atom stereocenters. The molecule has 0 spiro atoms. The first kappa shape index (κ1) is 18.2. The first-order chi connectivity index (χ1) is 13.1. The van der Waals surface area contributed by atoms with Gasteiger partial charge in [-0.2, -0.15) is 0 Å². The van der Waals surface area contributed by atoms with Crippen LogP contribution in [-0.2, 0) is 9.59 Å². The van der Waals surface area contributed by atoms with Crippen LogP contribution in [0.4, 0.5) is 11.4 Å². The quantitative estimate of drug-likeness (QED) is 0.749. The van der Waals surface area contributed by atoms with Crippen LogP contribution in [0.15, 0.2) is 53.5 Å². The van der Waals surface area contributed by atoms with Crippen molar-refractivity contribution in [1.82, 2.24) is 5.32 Å². The molecule has 0 saturated heterocycles. The fourth-order valence-electron chi connectivity index (χ4n) is 2.59. The van der Waals surface area contributed by atoms with Crippen molar-refractivity contribution in [2.75, 3.05) is 24.9 Å². The van der Waals surface area contributed by atoms with Gasteiger partial charge in [0.05, 0.1) is 26.3 Å². The van der Waals surface area contributed by atoms with E-state index in [2.05, 4.69) is 20.9 Å². The van der Waals surface area contributed by atoms with E-state index in [1.165, 1.54) is 14.2 Å². The Balaban J connectivity index is 1.77. The van der Waals surface area contributed by atoms with Gasteiger partial charge in [0.1, 0.15) is 17.5 Å². The van der Waals surface area contributed by atoms with Crippen LogP contribution in [0.25, 0.3) is 0 Å². The molecule has 2 amide bonds. The molecule has 2 aromatic rings. The first-order valence-corrected chi connectivity index (χ1v) is 8.31. The number of hydrogen-bond acceptors (Lipinski definition) is 6. The number of amides is 2. The van der Waals surface area contributed by atoms with Crippen LogP contribution >= 0.6 is 0 Å². The lowest BCUT2D eigenvalue weighted by Crippen LogP contribution is -2.45. The number of guanidine groups is 1. The Morgan fingerprint density at radius 2 is 1.93 bits per heavy atom. The standard InChI is InChI=1S/C19H20N4O4/c1-26-13-8-9-16(27-2)14(10-13)21-18(25)15-11-17(24)23-19(22-15)20-12-6-4-3-5-7-12/h3-10,15H,11H2,1-2H3,(H,21,25)(H2,20,22,23,24). The van der Waals surface area contributed by atoms with Crippen LogP contribution in [0.2, 0.25) is 0 Å². The van der Waals surface area contributed by atoms with Gasteiger partial charge in [0.25, 0.3) is 0 Å². The van der Waals surface area contributed by atoms with E-state index in [-0.39, 0.29) is 18.3 Å². The van der Waals surface area contributed by atoms with Crippen molar-refractivity contribution in [2.45, 2.75) is 12.5 Å². The molecule has 1 aliphatic heterocycles. The topological polar surface area (TPSA) is 101 Å². The van der Waals surface area contributed by atoms with Crippen molar-refractivity contribution in [3.05, 3.63) is 48.5 Å². The summed E-state index contributed by atoms with van der Waals surface area (Å²) in [7, 11) is 3.04. The van der Waals surface area contributed by atoms with Crippen LogP contribution < -0.4 is 25.4 Å². The van der Waals surface area contributed by atoms with E-state index >= 15 is 0 Å². The van der Waals surface area contributed by atoms with Crippen molar-refractivity contribution in [3.63, 3.8) is 0 Å². The molecule has 0 bridgehead atoms. The predicted molar refractivity (Wildman–Crippen MR) is 102 cm³/mol. The number of nitrogens with one attached hydrogen (secondary N) is 3. The zero-order valence-corrected chi connectivity index (χ0v) is 15.0. The third kappa shape index (κ3) is 4.55. The minimum absolute atomic E-state index is 0.0436. The fourth-order valence-corrected chi connectivity index (χ4v) is 2.59. The third-order valence-electron chi connectivity index (χ3n) is 3.93. The Morgan fingerprint density at radius 3 is 2.63 bits per heavy atom. The number of para-hydroxylation sites is 1. The van der Waals surface area contributed by atoms with Crippen LogP contribution in [0.5, 0.6) is 11.5 Å². The molecule has 8 nitrogen and oxygen atoms in total. The number of carbonyl (C=O) groups is 2. The lowest BCUT2D eigenvalue weighted by atomic mass is 10.1. The Kier molecular flexibility index (Phi) is 5.55. The van der Waals surface area contributed by atoms with Gasteiger partial charge in [-0.1, -0.05) is 18.2 Å². The van der Waals surface area contributed by atoms with Crippen LogP contribution in [-0.4, -0.2) is 38.0 Å². The van der Waals surface area contributed by atoms with Gasteiger partial charge in [-0.3, -0.25) is 14.9 Å². The second kappa shape index (κ2) is 8.22. The maximum absolute atomic E-state index is 12.7. The molecule has 3 N–H and O–H groups in total. The number of nitrogens with zero attached hydrogens (tertiary/aromatic N) is 1. The van der Waals surface area contributed by atoms with Gasteiger partial charge in [0.15, 0.2) is 0 Å². The van der Waals surface area contributed by atoms with Crippen molar-refractivity contribution in [3.8, 4) is 11.5 Å². The number of hydrogen-bond donors (Lipinski definition) is 3. The van der Waals surface area contributed by atoms with E-state index in [1.54, 1.807) is 18.2 Å². The van der Waals surface area contributed by atoms with Crippen LogP contribution in [0, 0.1) is 0 Å². The molecule has 3 rings (SSSR count). The Labute approximate surface area is 156 Å². The maximum atomic E-state index is 12.7. The van der Waals surface area contributed by atoms with Crippen molar-refractivity contribution in [2.24, 2.45) is 4.99 Å². The molecule has 1 heterocycles. The van der Waals surface area contributed by atoms with Gasteiger partial charge < -0.3 is 20.1 Å². The molecule has 0 aliphatic carbocycles. The number of rotatable bonds is 5. The molecule has 1 aliphatic rings. The van der Waals surface area contributed by atoms with E-state index < -0.39 is 11.9 Å². The fraction of sp³-hybridized carbons (Fsp3) is 0.211. The second-order valence-electron chi connectivity index (χ2n) is 5.79. The van der Waals surface area contributed by atoms with Crippen molar-refractivity contribution >= 4 is 29.1 Å². The summed E-state index contributed by atoms with van der Waals surface area (Å²) in [6, 6.07) is 13.5. The van der Waals surface area contributed by atoms with E-state index in [4.69, 9.17) is 9.47 Å². The normalized spacial score (nSPS) is 16.0. The summed E-state index contributed by atoms with van der Waals surface area (Å²) in [5.74, 6) is 0.582. The SMILES string of the molecule is COc1ccc(OC)c(NC(=O)C2CC(=O)NC(Nc3ccccc3)=N2)c1. The van der Waals surface area contributed by atoms with E-state index in [0.29, 0.717) is 17.2 Å². The monoisotopic (exact) mass is 368 g/mol. The Bertz CT molecular complexity index is 867. The maximum Gasteiger partial charge on any atom is 0.249 e. The molecule has 140 valence electrons. The number of anilines is 2. The average Bonchev–Trinajstić information content (AvgIpc) is 2.68. The van der Waals surface area contributed by atoms with E-state index in [1.807, 2.05) is 30.3 Å². The predicted octanol–water partition coefficient (Wildman–Crippen LogP) is 2.00. The lowest BCUT2D eigenvalue weighted by Gasteiger charge is -2.21. The van der Waals surface area contributed by atoms with Gasteiger partial charge in [-0.25, -0.2) is 4.99 Å². The van der Waals surface area contributed by atoms with Crippen LogP contribution in [0.3, 0.4) is 0 Å². The summed E-state index contributed by atoms with van der Waals surface area (Å²) in [6.45, 7) is 0. The summed E-state index contributed by atoms with van der Waals surface area (Å²) < 4.78 is 10.4. The number of benzene rings is 2. The zero-order valence-electron chi connectivity index (χ0n) is 15.0. The third-order valence-corrected chi connectivity index (χ3v) is 3.93. The molecule has 2 aromatic carbocycles. The zero-order chi connectivity index (χ0) is 19.2. The van der Waals surface area contributed by atoms with Gasteiger partial charge in [-0.05, 0) is 24.3 Å². The summed E-state index contributed by atoms with van der Waals surface area (Å²) in [5.41, 5.74) is 1.20. The van der Waals surface area contributed by atoms with Crippen LogP contribution in [0.1, 0.15) is 6.42 Å². The first-order valence-electron chi connectivity index (χ1n) is 8.31.